The maximum atomic E-state index is 13.3. The molecule has 0 bridgehead atoms. The van der Waals surface area contributed by atoms with E-state index in [2.05, 4.69) is 36.4 Å². The predicted molar refractivity (Wildman–Crippen MR) is 131 cm³/mol. The summed E-state index contributed by atoms with van der Waals surface area (Å²) in [5.74, 6) is -0.183. The molecule has 6 nitrogen and oxygen atoms in total. The van der Waals surface area contributed by atoms with Crippen LogP contribution in [0.15, 0.2) is 77.6 Å². The molecule has 4 aromatic carbocycles. The lowest BCUT2D eigenvalue weighted by atomic mass is 9.79. The van der Waals surface area contributed by atoms with Crippen molar-refractivity contribution in [3.8, 4) is 0 Å². The molecule has 1 atom stereocenters. The molecule has 0 saturated heterocycles. The van der Waals surface area contributed by atoms with Crippen LogP contribution in [0.2, 0.25) is 0 Å². The van der Waals surface area contributed by atoms with Gasteiger partial charge < -0.3 is 0 Å². The molecule has 0 spiro atoms. The van der Waals surface area contributed by atoms with E-state index >= 15 is 0 Å². The molecule has 6 rings (SSSR count). The Kier molecular flexibility index (Phi) is 4.40. The van der Waals surface area contributed by atoms with Gasteiger partial charge in [-0.15, -0.1) is 0 Å². The molecule has 0 aliphatic heterocycles. The number of aryl methyl sites for hydroxylation is 1. The van der Waals surface area contributed by atoms with Crippen LogP contribution in [0.3, 0.4) is 0 Å². The molecular weight excluding hydrogens is 434 g/mol. The van der Waals surface area contributed by atoms with Crippen LogP contribution in [0, 0.1) is 0 Å². The molecule has 7 heteroatoms. The van der Waals surface area contributed by atoms with Gasteiger partial charge in [0.15, 0.2) is 0 Å². The summed E-state index contributed by atoms with van der Waals surface area (Å²) >= 11 is 0. The number of nitrogens with two attached hydrogens (primary N) is 1. The summed E-state index contributed by atoms with van der Waals surface area (Å²) in [6.07, 6.45) is 2.44. The Morgan fingerprint density at radius 3 is 2.39 bits per heavy atom. The molecule has 1 aliphatic rings. The molecule has 1 heterocycles. The van der Waals surface area contributed by atoms with E-state index in [1.54, 1.807) is 24.3 Å². The standard InChI is InChI=1S/C26H21N3O3S/c27-33(31,32)29-25(28-23-11-4-3-9-21(23)26(29)30)22-10-5-7-17-13-14-19-18-8-2-1-6-16(18)12-15-20(19)24(17)22/h1-4,6,8-9,11-15,22H,5,7,10H2,(H2,27,31,32). The third-order valence-corrected chi connectivity index (χ3v) is 7.54. The first-order valence-electron chi connectivity index (χ1n) is 10.9. The van der Waals surface area contributed by atoms with E-state index in [4.69, 9.17) is 10.1 Å². The summed E-state index contributed by atoms with van der Waals surface area (Å²) in [6, 6.07) is 23.4. The van der Waals surface area contributed by atoms with Crippen molar-refractivity contribution < 1.29 is 8.42 Å². The van der Waals surface area contributed by atoms with Gasteiger partial charge in [0.25, 0.3) is 5.56 Å². The minimum Gasteiger partial charge on any atom is -0.267 e. The van der Waals surface area contributed by atoms with Gasteiger partial charge in [-0.1, -0.05) is 60.7 Å². The lowest BCUT2D eigenvalue weighted by Crippen LogP contribution is -2.37. The fraction of sp³-hybridized carbons (Fsp3) is 0.154. The number of hydrogen-bond donors (Lipinski definition) is 1. The van der Waals surface area contributed by atoms with Gasteiger partial charge >= 0.3 is 10.2 Å². The topological polar surface area (TPSA) is 95.1 Å². The summed E-state index contributed by atoms with van der Waals surface area (Å²) in [7, 11) is -4.35. The van der Waals surface area contributed by atoms with Crippen LogP contribution in [0.4, 0.5) is 0 Å². The first-order valence-corrected chi connectivity index (χ1v) is 12.4. The number of nitrogens with zero attached hydrogens (tertiary/aromatic N) is 2. The molecule has 1 unspecified atom stereocenters. The smallest absolute Gasteiger partial charge is 0.267 e. The van der Waals surface area contributed by atoms with E-state index < -0.39 is 15.8 Å². The summed E-state index contributed by atoms with van der Waals surface area (Å²) in [5, 5.41) is 10.2. The number of para-hydroxylation sites is 1. The molecule has 1 aliphatic carbocycles. The van der Waals surface area contributed by atoms with Crippen molar-refractivity contribution in [1.82, 2.24) is 8.96 Å². The fourth-order valence-corrected chi connectivity index (χ4v) is 6.04. The normalized spacial score (nSPS) is 16.3. The quantitative estimate of drug-likeness (QED) is 0.403. The second-order valence-electron chi connectivity index (χ2n) is 8.57. The lowest BCUT2D eigenvalue weighted by Gasteiger charge is -2.28. The molecule has 5 aromatic rings. The highest BCUT2D eigenvalue weighted by Gasteiger charge is 2.31. The number of rotatable bonds is 2. The van der Waals surface area contributed by atoms with Gasteiger partial charge in [-0.2, -0.15) is 12.4 Å². The number of hydrogen-bond acceptors (Lipinski definition) is 4. The predicted octanol–water partition coefficient (Wildman–Crippen LogP) is 4.22. The Balaban J connectivity index is 1.72. The van der Waals surface area contributed by atoms with E-state index in [1.165, 1.54) is 0 Å². The minimum absolute atomic E-state index is 0.183. The second-order valence-corrected chi connectivity index (χ2v) is 9.96. The summed E-state index contributed by atoms with van der Waals surface area (Å²) in [4.78, 5) is 18.0. The summed E-state index contributed by atoms with van der Waals surface area (Å²) < 4.78 is 25.9. The molecule has 33 heavy (non-hydrogen) atoms. The fourth-order valence-electron chi connectivity index (χ4n) is 5.29. The molecule has 0 saturated carbocycles. The zero-order chi connectivity index (χ0) is 22.7. The van der Waals surface area contributed by atoms with Crippen LogP contribution >= 0.6 is 0 Å². The SMILES string of the molecule is NS(=O)(=O)n1c(C2CCCc3ccc4c(ccc5ccccc54)c32)nc2ccccc2c1=O. The average Bonchev–Trinajstić information content (AvgIpc) is 2.82. The monoisotopic (exact) mass is 455 g/mol. The van der Waals surface area contributed by atoms with Crippen LogP contribution < -0.4 is 10.7 Å². The van der Waals surface area contributed by atoms with Crippen LogP contribution in [0.25, 0.3) is 32.4 Å². The van der Waals surface area contributed by atoms with E-state index in [0.29, 0.717) is 15.9 Å². The zero-order valence-electron chi connectivity index (χ0n) is 17.7. The number of aromatic nitrogens is 2. The summed E-state index contributed by atoms with van der Waals surface area (Å²) in [6.45, 7) is 0. The van der Waals surface area contributed by atoms with Crippen LogP contribution in [0.5, 0.6) is 0 Å². The zero-order valence-corrected chi connectivity index (χ0v) is 18.5. The highest BCUT2D eigenvalue weighted by molar-refractivity contribution is 7.87. The van der Waals surface area contributed by atoms with Gasteiger partial charge in [0.1, 0.15) is 5.82 Å². The van der Waals surface area contributed by atoms with Crippen LogP contribution in [0.1, 0.15) is 35.7 Å². The number of fused-ring (bicyclic) bond motifs is 6. The van der Waals surface area contributed by atoms with Crippen molar-refractivity contribution >= 4 is 42.7 Å². The molecule has 0 radical (unpaired) electrons. The Labute approximate surface area is 190 Å². The van der Waals surface area contributed by atoms with Gasteiger partial charge in [0.05, 0.1) is 10.9 Å². The molecule has 2 N–H and O–H groups in total. The average molecular weight is 456 g/mol. The Morgan fingerprint density at radius 1 is 0.848 bits per heavy atom. The molecular formula is C26H21N3O3S. The summed E-state index contributed by atoms with van der Waals surface area (Å²) in [5.41, 5.74) is 1.99. The Hall–Kier alpha value is -3.55. The first kappa shape index (κ1) is 20.1. The largest absolute Gasteiger partial charge is 0.306 e. The van der Waals surface area contributed by atoms with Gasteiger partial charge in [-0.25, -0.2) is 10.1 Å². The van der Waals surface area contributed by atoms with E-state index in [1.807, 2.05) is 12.1 Å². The Bertz CT molecular complexity index is 1760. The van der Waals surface area contributed by atoms with Crippen molar-refractivity contribution in [1.29, 1.82) is 0 Å². The van der Waals surface area contributed by atoms with Crippen molar-refractivity contribution in [2.75, 3.05) is 0 Å². The Morgan fingerprint density at radius 2 is 1.58 bits per heavy atom. The minimum atomic E-state index is -4.35. The van der Waals surface area contributed by atoms with Gasteiger partial charge in [-0.3, -0.25) is 4.79 Å². The van der Waals surface area contributed by atoms with E-state index in [9.17, 15) is 13.2 Å². The van der Waals surface area contributed by atoms with E-state index in [-0.39, 0.29) is 17.1 Å². The second kappa shape index (κ2) is 7.23. The van der Waals surface area contributed by atoms with Gasteiger partial charge in [0.2, 0.25) is 0 Å². The third kappa shape index (κ3) is 3.08. The third-order valence-electron chi connectivity index (χ3n) is 6.67. The van der Waals surface area contributed by atoms with Crippen LogP contribution in [-0.4, -0.2) is 17.4 Å². The molecule has 0 fully saturated rings. The maximum absolute atomic E-state index is 13.3. The maximum Gasteiger partial charge on any atom is 0.306 e. The van der Waals surface area contributed by atoms with Gasteiger partial charge in [0, 0.05) is 5.92 Å². The van der Waals surface area contributed by atoms with Crippen molar-refractivity contribution in [3.05, 3.63) is 100 Å². The highest BCUT2D eigenvalue weighted by Crippen LogP contribution is 2.42. The highest BCUT2D eigenvalue weighted by atomic mass is 32.2. The first-order chi connectivity index (χ1) is 15.9. The molecule has 0 amide bonds. The number of benzene rings is 4. The van der Waals surface area contributed by atoms with E-state index in [0.717, 1.165) is 45.5 Å². The van der Waals surface area contributed by atoms with Crippen LogP contribution in [-0.2, 0) is 16.6 Å². The lowest BCUT2D eigenvalue weighted by molar-refractivity contribution is 0.560. The van der Waals surface area contributed by atoms with Crippen molar-refractivity contribution in [3.63, 3.8) is 0 Å². The van der Waals surface area contributed by atoms with Crippen molar-refractivity contribution in [2.45, 2.75) is 25.2 Å². The van der Waals surface area contributed by atoms with Gasteiger partial charge in [-0.05, 0) is 64.1 Å². The van der Waals surface area contributed by atoms with Crippen molar-refractivity contribution in [2.24, 2.45) is 5.14 Å². The molecule has 164 valence electrons. The molecule has 1 aromatic heterocycles.